The number of aromatic nitrogens is 3. The Morgan fingerprint density at radius 3 is 2.69 bits per heavy atom. The molecule has 0 radical (unpaired) electrons. The maximum absolute atomic E-state index is 14.2. The summed E-state index contributed by atoms with van der Waals surface area (Å²) in [5, 5.41) is 5.24. The zero-order valence-corrected chi connectivity index (χ0v) is 20.5. The molecule has 0 amide bonds. The van der Waals surface area contributed by atoms with Crippen molar-refractivity contribution in [2.45, 2.75) is 13.0 Å². The van der Waals surface area contributed by atoms with E-state index in [1.54, 1.807) is 23.1 Å². The van der Waals surface area contributed by atoms with Gasteiger partial charge >= 0.3 is 0 Å². The summed E-state index contributed by atoms with van der Waals surface area (Å²) in [5.41, 5.74) is 3.08. The number of fused-ring (bicyclic) bond motifs is 1. The molecule has 0 bridgehead atoms. The van der Waals surface area contributed by atoms with Gasteiger partial charge < -0.3 is 9.64 Å². The lowest BCUT2D eigenvalue weighted by atomic mass is 10.0. The van der Waals surface area contributed by atoms with Crippen LogP contribution in [0.1, 0.15) is 6.92 Å². The van der Waals surface area contributed by atoms with Gasteiger partial charge in [-0.2, -0.15) is 5.10 Å². The van der Waals surface area contributed by atoms with Gasteiger partial charge in [0.2, 0.25) is 0 Å². The molecule has 0 N–H and O–H groups in total. The van der Waals surface area contributed by atoms with Gasteiger partial charge in [0.15, 0.2) is 27.2 Å². The predicted molar refractivity (Wildman–Crippen MR) is 134 cm³/mol. The van der Waals surface area contributed by atoms with Crippen LogP contribution in [-0.4, -0.2) is 90.5 Å². The minimum absolute atomic E-state index is 0.140. The van der Waals surface area contributed by atoms with Crippen molar-refractivity contribution in [3.05, 3.63) is 42.1 Å². The number of halogens is 1. The Morgan fingerprint density at radius 1 is 1.26 bits per heavy atom. The van der Waals surface area contributed by atoms with Gasteiger partial charge in [0.1, 0.15) is 0 Å². The molecule has 0 spiro atoms. The third kappa shape index (κ3) is 4.41. The second-order valence-electron chi connectivity index (χ2n) is 8.86. The molecular weight excluding hydrogens is 471 g/mol. The fourth-order valence-corrected chi connectivity index (χ4v) is 5.89. The minimum atomic E-state index is -2.88. The average molecular weight is 499 g/mol. The number of likely N-dealkylation sites (tertiary alicyclic amines) is 1. The Hall–Kier alpha value is -3.31. The van der Waals surface area contributed by atoms with Gasteiger partial charge in [-0.05, 0) is 31.3 Å². The fourth-order valence-electron chi connectivity index (χ4n) is 4.66. The first-order chi connectivity index (χ1) is 16.8. The summed E-state index contributed by atoms with van der Waals surface area (Å²) in [7, 11) is -1.45. The number of hydrogen-bond donors (Lipinski definition) is 0. The number of ether oxygens (including phenoxy) is 1. The Balaban J connectivity index is 1.38. The summed E-state index contributed by atoms with van der Waals surface area (Å²) in [6, 6.07) is 5.18. The van der Waals surface area contributed by atoms with Gasteiger partial charge in [0.05, 0.1) is 30.3 Å². The van der Waals surface area contributed by atoms with Crippen molar-refractivity contribution in [1.82, 2.24) is 24.6 Å². The van der Waals surface area contributed by atoms with Gasteiger partial charge in [-0.1, -0.05) is 0 Å². The number of sulfone groups is 1. The van der Waals surface area contributed by atoms with Crippen molar-refractivity contribution >= 4 is 39.5 Å². The summed E-state index contributed by atoms with van der Waals surface area (Å²) < 4.78 is 44.4. The van der Waals surface area contributed by atoms with E-state index in [1.165, 1.54) is 13.2 Å². The van der Waals surface area contributed by atoms with E-state index in [-0.39, 0.29) is 17.3 Å². The first-order valence-electron chi connectivity index (χ1n) is 11.3. The van der Waals surface area contributed by atoms with Crippen LogP contribution in [0.5, 0.6) is 5.75 Å². The lowest BCUT2D eigenvalue weighted by Gasteiger charge is -2.48. The molecule has 4 heterocycles. The van der Waals surface area contributed by atoms with E-state index in [2.05, 4.69) is 31.6 Å². The first-order valence-corrected chi connectivity index (χ1v) is 13.2. The van der Waals surface area contributed by atoms with E-state index in [0.717, 1.165) is 35.3 Å². The number of aliphatic imine (C=N–C) groups is 1. The second kappa shape index (κ2) is 9.04. The molecular formula is C24H27FN6O3S. The highest BCUT2D eigenvalue weighted by atomic mass is 32.2. The van der Waals surface area contributed by atoms with Gasteiger partial charge in [0.25, 0.3) is 0 Å². The van der Waals surface area contributed by atoms with Crippen LogP contribution in [0.3, 0.4) is 0 Å². The standard InChI is InChI=1S/C24H27FN6O3S/c1-16(30-14-17(15-30)29-6-8-35(32,33)9-7-29)13-31-24(26-2)20(12-28-31)18-4-5-27-22-11-21(25)23(34-3)10-19(18)22/h4-5,10-13,17H,2,6-9,14-15H2,1,3H3/b16-13+. The van der Waals surface area contributed by atoms with Crippen LogP contribution < -0.4 is 4.74 Å². The summed E-state index contributed by atoms with van der Waals surface area (Å²) >= 11 is 0. The van der Waals surface area contributed by atoms with Crippen LogP contribution in [-0.2, 0) is 9.84 Å². The molecule has 2 fully saturated rings. The third-order valence-electron chi connectivity index (χ3n) is 6.79. The molecule has 2 aliphatic heterocycles. The highest BCUT2D eigenvalue weighted by Gasteiger charge is 2.35. The zero-order valence-electron chi connectivity index (χ0n) is 19.7. The minimum Gasteiger partial charge on any atom is -0.494 e. The Morgan fingerprint density at radius 2 is 2.00 bits per heavy atom. The van der Waals surface area contributed by atoms with E-state index >= 15 is 0 Å². The highest BCUT2D eigenvalue weighted by molar-refractivity contribution is 7.91. The van der Waals surface area contributed by atoms with Gasteiger partial charge in [-0.25, -0.2) is 22.5 Å². The van der Waals surface area contributed by atoms with E-state index in [0.29, 0.717) is 30.5 Å². The van der Waals surface area contributed by atoms with Crippen molar-refractivity contribution in [3.63, 3.8) is 0 Å². The van der Waals surface area contributed by atoms with Gasteiger partial charge in [-0.15, -0.1) is 0 Å². The van der Waals surface area contributed by atoms with Crippen molar-refractivity contribution in [3.8, 4) is 16.9 Å². The molecule has 3 aromatic rings. The number of allylic oxidation sites excluding steroid dienone is 1. The Bertz CT molecular complexity index is 1410. The number of rotatable bonds is 6. The quantitative estimate of drug-likeness (QED) is 0.483. The van der Waals surface area contributed by atoms with E-state index < -0.39 is 15.7 Å². The van der Waals surface area contributed by atoms with E-state index in [4.69, 9.17) is 4.74 Å². The van der Waals surface area contributed by atoms with Crippen LogP contribution in [0.25, 0.3) is 28.2 Å². The molecule has 5 rings (SSSR count). The molecule has 2 aromatic heterocycles. The summed E-state index contributed by atoms with van der Waals surface area (Å²) in [4.78, 5) is 13.0. The smallest absolute Gasteiger partial charge is 0.167 e. The largest absolute Gasteiger partial charge is 0.494 e. The summed E-state index contributed by atoms with van der Waals surface area (Å²) in [5.74, 6) is 0.718. The molecule has 9 nitrogen and oxygen atoms in total. The number of methoxy groups -OCH3 is 1. The van der Waals surface area contributed by atoms with Crippen LogP contribution in [0.2, 0.25) is 0 Å². The lowest BCUT2D eigenvalue weighted by molar-refractivity contribution is 0.0645. The predicted octanol–water partition coefficient (Wildman–Crippen LogP) is 2.81. The molecule has 0 atom stereocenters. The number of pyridine rings is 1. The topological polar surface area (TPSA) is 92.9 Å². The summed E-state index contributed by atoms with van der Waals surface area (Å²) in [6.07, 6.45) is 5.25. The molecule has 2 saturated heterocycles. The van der Waals surface area contributed by atoms with Crippen molar-refractivity contribution in [2.24, 2.45) is 4.99 Å². The SMILES string of the molecule is C=Nc1c(-c2ccnc3cc(F)c(OC)cc23)cnn1/C=C(\C)N1CC(N2CCS(=O)(=O)CC2)C1. The number of nitrogens with zero attached hydrogens (tertiary/aromatic N) is 6. The van der Waals surface area contributed by atoms with Crippen molar-refractivity contribution < 1.29 is 17.5 Å². The molecule has 2 aliphatic rings. The van der Waals surface area contributed by atoms with Crippen molar-refractivity contribution in [1.29, 1.82) is 0 Å². The first kappa shape index (κ1) is 23.4. The monoisotopic (exact) mass is 498 g/mol. The zero-order chi connectivity index (χ0) is 24.7. The van der Waals surface area contributed by atoms with Gasteiger partial charge in [0, 0.05) is 67.3 Å². The molecule has 184 valence electrons. The molecule has 1 aromatic carbocycles. The molecule has 11 heteroatoms. The number of benzene rings is 1. The van der Waals surface area contributed by atoms with E-state index in [1.807, 2.05) is 19.2 Å². The normalized spacial score (nSPS) is 19.1. The van der Waals surface area contributed by atoms with Crippen LogP contribution in [0.4, 0.5) is 10.2 Å². The average Bonchev–Trinajstić information content (AvgIpc) is 3.20. The molecule has 0 aliphatic carbocycles. The lowest BCUT2D eigenvalue weighted by Crippen LogP contribution is -2.61. The highest BCUT2D eigenvalue weighted by Crippen LogP contribution is 2.37. The molecule has 0 unspecified atom stereocenters. The maximum Gasteiger partial charge on any atom is 0.167 e. The van der Waals surface area contributed by atoms with E-state index in [9.17, 15) is 12.8 Å². The van der Waals surface area contributed by atoms with Crippen LogP contribution in [0.15, 0.2) is 41.3 Å². The van der Waals surface area contributed by atoms with Crippen LogP contribution >= 0.6 is 0 Å². The third-order valence-corrected chi connectivity index (χ3v) is 8.40. The maximum atomic E-state index is 14.2. The Kier molecular flexibility index (Phi) is 6.06. The second-order valence-corrected chi connectivity index (χ2v) is 11.2. The molecule has 35 heavy (non-hydrogen) atoms. The fraction of sp³-hybridized carbons (Fsp3) is 0.375. The molecule has 0 saturated carbocycles. The summed E-state index contributed by atoms with van der Waals surface area (Å²) in [6.45, 7) is 8.64. The van der Waals surface area contributed by atoms with Crippen molar-refractivity contribution in [2.75, 3.05) is 44.8 Å². The number of hydrogen-bond acceptors (Lipinski definition) is 8. The Labute approximate surface area is 203 Å². The van der Waals surface area contributed by atoms with Crippen LogP contribution in [0, 0.1) is 5.82 Å². The van der Waals surface area contributed by atoms with Gasteiger partial charge in [-0.3, -0.25) is 9.88 Å².